The zero-order valence-electron chi connectivity index (χ0n) is 24.3. The summed E-state index contributed by atoms with van der Waals surface area (Å²) < 4.78 is 45.4. The number of aromatic nitrogens is 2. The van der Waals surface area contributed by atoms with E-state index < -0.39 is 30.1 Å². The molecule has 0 aliphatic carbocycles. The maximum atomic E-state index is 13.0. The lowest BCUT2D eigenvalue weighted by atomic mass is 9.99. The number of hydrogen-bond donors (Lipinski definition) is 3. The van der Waals surface area contributed by atoms with Crippen molar-refractivity contribution in [3.63, 3.8) is 0 Å². The molecule has 0 aliphatic rings. The average Bonchev–Trinajstić information content (AvgIpc) is 3.37. The van der Waals surface area contributed by atoms with E-state index in [0.29, 0.717) is 13.0 Å². The van der Waals surface area contributed by atoms with Gasteiger partial charge in [-0.15, -0.1) is 0 Å². The number of nitrogens with zero attached hydrogens (tertiary/aromatic N) is 2. The maximum absolute atomic E-state index is 13.0. The van der Waals surface area contributed by atoms with Crippen LogP contribution in [0.5, 0.6) is 5.75 Å². The van der Waals surface area contributed by atoms with Gasteiger partial charge in [0.2, 0.25) is 11.8 Å². The minimum Gasteiger partial charge on any atom is -0.480 e. The van der Waals surface area contributed by atoms with Gasteiger partial charge in [-0.3, -0.25) is 14.4 Å². The van der Waals surface area contributed by atoms with Gasteiger partial charge in [0, 0.05) is 43.3 Å². The number of primary amides is 1. The third kappa shape index (κ3) is 9.47. The third-order valence-corrected chi connectivity index (χ3v) is 7.02. The van der Waals surface area contributed by atoms with Crippen LogP contribution in [0.15, 0.2) is 48.7 Å². The van der Waals surface area contributed by atoms with Crippen molar-refractivity contribution < 1.29 is 32.3 Å². The number of nitrogens with one attached hydrogen (secondary N) is 2. The topological polar surface area (TPSA) is 128 Å². The van der Waals surface area contributed by atoms with Crippen LogP contribution >= 0.6 is 11.6 Å². The monoisotopic (exact) mass is 621 g/mol. The van der Waals surface area contributed by atoms with Gasteiger partial charge < -0.3 is 25.7 Å². The molecule has 43 heavy (non-hydrogen) atoms. The van der Waals surface area contributed by atoms with Gasteiger partial charge in [0.25, 0.3) is 5.91 Å². The van der Waals surface area contributed by atoms with Gasteiger partial charge in [-0.05, 0) is 57.4 Å². The Morgan fingerprint density at radius 1 is 1.09 bits per heavy atom. The number of halogens is 4. The summed E-state index contributed by atoms with van der Waals surface area (Å²) in [5.74, 6) is -0.649. The summed E-state index contributed by atoms with van der Waals surface area (Å²) in [5.41, 5.74) is 7.95. The molecule has 3 aromatic rings. The van der Waals surface area contributed by atoms with Gasteiger partial charge in [0.15, 0.2) is 6.10 Å². The molecule has 0 fully saturated rings. The minimum absolute atomic E-state index is 0.0373. The van der Waals surface area contributed by atoms with Crippen LogP contribution < -0.4 is 21.1 Å². The molecule has 3 atom stereocenters. The number of carbonyl (C=O) groups excluding carboxylic acids is 3. The quantitative estimate of drug-likeness (QED) is 0.237. The van der Waals surface area contributed by atoms with E-state index in [1.54, 1.807) is 0 Å². The second kappa shape index (κ2) is 14.4. The Labute approximate surface area is 252 Å². The van der Waals surface area contributed by atoms with E-state index in [0.717, 1.165) is 29.6 Å². The van der Waals surface area contributed by atoms with Crippen LogP contribution in [0.25, 0.3) is 11.3 Å². The van der Waals surface area contributed by atoms with Crippen LogP contribution in [0.3, 0.4) is 0 Å². The fourth-order valence-electron chi connectivity index (χ4n) is 4.44. The van der Waals surface area contributed by atoms with Gasteiger partial charge in [-0.25, -0.2) is 4.98 Å². The molecule has 1 aromatic heterocycles. The van der Waals surface area contributed by atoms with E-state index in [4.69, 9.17) is 27.1 Å². The van der Waals surface area contributed by atoms with Crippen LogP contribution in [0.4, 0.5) is 13.2 Å². The Morgan fingerprint density at radius 3 is 2.33 bits per heavy atom. The minimum atomic E-state index is -4.57. The molecule has 9 nitrogen and oxygen atoms in total. The van der Waals surface area contributed by atoms with Crippen molar-refractivity contribution in [2.45, 2.75) is 77.9 Å². The fourth-order valence-corrected chi connectivity index (χ4v) is 4.66. The molecule has 0 saturated carbocycles. The van der Waals surface area contributed by atoms with Crippen molar-refractivity contribution in [1.82, 2.24) is 20.2 Å². The number of nitrogens with two attached hydrogens (primary N) is 1. The molecule has 0 bridgehead atoms. The van der Waals surface area contributed by atoms with Crippen molar-refractivity contribution in [1.29, 1.82) is 0 Å². The lowest BCUT2D eigenvalue weighted by Gasteiger charge is -2.20. The molecule has 3 amide bonds. The molecule has 0 radical (unpaired) electrons. The molecular formula is C30H35ClF3N5O4. The largest absolute Gasteiger partial charge is 0.480 e. The van der Waals surface area contributed by atoms with Crippen LogP contribution in [0.2, 0.25) is 5.02 Å². The number of carbonyl (C=O) groups is 3. The Hall–Kier alpha value is -4.06. The predicted octanol–water partition coefficient (Wildman–Crippen LogP) is 5.36. The first-order chi connectivity index (χ1) is 20.2. The number of amides is 3. The van der Waals surface area contributed by atoms with Crippen molar-refractivity contribution in [3.05, 3.63) is 70.6 Å². The van der Waals surface area contributed by atoms with Gasteiger partial charge in [-0.2, -0.15) is 13.2 Å². The van der Waals surface area contributed by atoms with E-state index in [9.17, 15) is 27.6 Å². The molecular weight excluding hydrogens is 587 g/mol. The second-order valence-electron chi connectivity index (χ2n) is 10.2. The molecule has 2 aromatic carbocycles. The summed E-state index contributed by atoms with van der Waals surface area (Å²) in [6, 6.07) is 10.6. The normalized spacial score (nSPS) is 13.6. The lowest BCUT2D eigenvalue weighted by molar-refractivity contribution is -0.189. The van der Waals surface area contributed by atoms with Crippen molar-refractivity contribution in [3.8, 4) is 17.0 Å². The summed E-state index contributed by atoms with van der Waals surface area (Å²) in [6.45, 7) is 6.85. The summed E-state index contributed by atoms with van der Waals surface area (Å²) in [5, 5.41) is 5.57. The van der Waals surface area contributed by atoms with Gasteiger partial charge in [0.05, 0.1) is 16.8 Å². The summed E-state index contributed by atoms with van der Waals surface area (Å²) in [7, 11) is 0. The van der Waals surface area contributed by atoms with Crippen LogP contribution in [-0.2, 0) is 22.6 Å². The number of alkyl halides is 3. The smallest absolute Gasteiger partial charge is 0.425 e. The average molecular weight is 622 g/mol. The van der Waals surface area contributed by atoms with Crippen molar-refractivity contribution >= 4 is 29.3 Å². The molecule has 0 aliphatic heterocycles. The molecule has 3 rings (SSSR count). The van der Waals surface area contributed by atoms with E-state index >= 15 is 0 Å². The number of aryl methyl sites for hydroxylation is 1. The highest BCUT2D eigenvalue weighted by molar-refractivity contribution is 6.32. The van der Waals surface area contributed by atoms with Gasteiger partial charge >= 0.3 is 6.18 Å². The molecule has 232 valence electrons. The van der Waals surface area contributed by atoms with Gasteiger partial charge in [-0.1, -0.05) is 35.9 Å². The Morgan fingerprint density at radius 2 is 1.77 bits per heavy atom. The molecule has 0 spiro atoms. The first-order valence-corrected chi connectivity index (χ1v) is 14.1. The molecule has 4 N–H and O–H groups in total. The van der Waals surface area contributed by atoms with E-state index in [-0.39, 0.29) is 41.1 Å². The fraction of sp³-hybridized carbons (Fsp3) is 0.400. The second-order valence-corrected chi connectivity index (χ2v) is 10.6. The first-order valence-electron chi connectivity index (χ1n) is 13.7. The summed E-state index contributed by atoms with van der Waals surface area (Å²) in [4.78, 5) is 40.7. The first kappa shape index (κ1) is 33.4. The standard InChI is InChI=1S/C30H35ClF3N5O4/c1-5-39-16-25(38-28(39)17(2)36-19(4)40)21-8-6-20(7-9-21)14-23(11-13-27(35)41)37-29(42)22-10-12-26(24(31)15-22)43-18(3)30(32,33)34/h6-10,12,15-18,23H,5,11,13-14H2,1-4H3,(H2,35,41)(H,36,40)(H,37,42). The zero-order valence-corrected chi connectivity index (χ0v) is 25.1. The van der Waals surface area contributed by atoms with Crippen LogP contribution in [-0.4, -0.2) is 45.6 Å². The number of imidazole rings is 1. The highest BCUT2D eigenvalue weighted by atomic mass is 35.5. The highest BCUT2D eigenvalue weighted by Crippen LogP contribution is 2.31. The van der Waals surface area contributed by atoms with Crippen molar-refractivity contribution in [2.24, 2.45) is 5.73 Å². The van der Waals surface area contributed by atoms with E-state index in [1.165, 1.54) is 25.1 Å². The Bertz CT molecular complexity index is 1440. The van der Waals surface area contributed by atoms with Crippen LogP contribution in [0, 0.1) is 0 Å². The Kier molecular flexibility index (Phi) is 11.2. The number of ether oxygens (including phenoxy) is 1. The zero-order chi connectivity index (χ0) is 31.9. The number of rotatable bonds is 13. The Balaban J connectivity index is 1.74. The predicted molar refractivity (Wildman–Crippen MR) is 157 cm³/mol. The number of benzene rings is 2. The number of hydrogen-bond acceptors (Lipinski definition) is 5. The lowest BCUT2D eigenvalue weighted by Crippen LogP contribution is -2.37. The maximum Gasteiger partial charge on any atom is 0.425 e. The van der Waals surface area contributed by atoms with E-state index in [2.05, 4.69) is 10.6 Å². The summed E-state index contributed by atoms with van der Waals surface area (Å²) in [6.07, 6.45) is -4.04. The van der Waals surface area contributed by atoms with Crippen molar-refractivity contribution in [2.75, 3.05) is 0 Å². The molecule has 13 heteroatoms. The van der Waals surface area contributed by atoms with Gasteiger partial charge in [0.1, 0.15) is 11.6 Å². The van der Waals surface area contributed by atoms with Crippen LogP contribution in [0.1, 0.15) is 68.3 Å². The molecule has 0 saturated heterocycles. The molecule has 1 heterocycles. The van der Waals surface area contributed by atoms with E-state index in [1.807, 2.05) is 48.9 Å². The SMILES string of the molecule is CCn1cc(-c2ccc(CC(CCC(N)=O)NC(=O)c3ccc(OC(C)C(F)(F)F)c(Cl)c3)cc2)nc1C(C)NC(C)=O. The molecule has 3 unspecified atom stereocenters. The third-order valence-electron chi connectivity index (χ3n) is 6.72. The highest BCUT2D eigenvalue weighted by Gasteiger charge is 2.38. The summed E-state index contributed by atoms with van der Waals surface area (Å²) >= 11 is 6.10.